The summed E-state index contributed by atoms with van der Waals surface area (Å²) < 4.78 is 8.84. The maximum atomic E-state index is 12.7. The van der Waals surface area contributed by atoms with Gasteiger partial charge in [-0.25, -0.2) is 9.78 Å². The number of fused-ring (bicyclic) bond motifs is 2. The van der Waals surface area contributed by atoms with Crippen LogP contribution in [0.4, 0.5) is 11.6 Å². The Bertz CT molecular complexity index is 1140. The lowest BCUT2D eigenvalue weighted by Crippen LogP contribution is -2.27. The van der Waals surface area contributed by atoms with E-state index in [4.69, 9.17) is 4.74 Å². The average Bonchev–Trinajstić information content (AvgIpc) is 3.27. The van der Waals surface area contributed by atoms with Crippen molar-refractivity contribution in [2.24, 2.45) is 12.5 Å². The van der Waals surface area contributed by atoms with Gasteiger partial charge in [0.05, 0.1) is 19.4 Å². The summed E-state index contributed by atoms with van der Waals surface area (Å²) in [5, 5.41) is 13.0. The lowest BCUT2D eigenvalue weighted by atomic mass is 10.1. The Hall–Kier alpha value is -2.87. The molecule has 1 aliphatic heterocycles. The zero-order chi connectivity index (χ0) is 19.5. The molecule has 1 aliphatic carbocycles. The van der Waals surface area contributed by atoms with Crippen LogP contribution in [0.15, 0.2) is 23.1 Å². The van der Waals surface area contributed by atoms with Crippen LogP contribution in [0.25, 0.3) is 11.2 Å². The number of nitrogens with one attached hydrogen (secondary N) is 1. The first-order chi connectivity index (χ1) is 13.5. The highest BCUT2D eigenvalue weighted by atomic mass is 16.5. The monoisotopic (exact) mass is 381 g/mol. The molecule has 2 aromatic heterocycles. The quantitative estimate of drug-likeness (QED) is 0.701. The van der Waals surface area contributed by atoms with E-state index in [0.717, 1.165) is 36.3 Å². The second kappa shape index (κ2) is 6.07. The highest BCUT2D eigenvalue weighted by Gasteiger charge is 2.43. The van der Waals surface area contributed by atoms with Crippen molar-refractivity contribution in [2.75, 3.05) is 18.5 Å². The third-order valence-corrected chi connectivity index (χ3v) is 5.95. The number of aliphatic hydroxyl groups is 1. The van der Waals surface area contributed by atoms with Crippen LogP contribution in [0.5, 0.6) is 5.75 Å². The number of hydrogen-bond acceptors (Lipinski definition) is 6. The molecule has 0 spiro atoms. The molecule has 2 aliphatic rings. The lowest BCUT2D eigenvalue weighted by molar-refractivity contribution is 0.194. The van der Waals surface area contributed by atoms with Gasteiger partial charge in [-0.15, -0.1) is 0 Å². The van der Waals surface area contributed by atoms with Crippen molar-refractivity contribution in [1.29, 1.82) is 0 Å². The van der Waals surface area contributed by atoms with Crippen LogP contribution < -0.4 is 15.7 Å². The van der Waals surface area contributed by atoms with Crippen molar-refractivity contribution in [3.8, 4) is 5.75 Å². The maximum absolute atomic E-state index is 12.7. The molecule has 3 aromatic rings. The number of rotatable bonds is 5. The standard InChI is InChI=1S/C20H23N5O3/c1-12-7-16-13(3-6-28-16)8-14(12)22-18-21-9-15-17(23-18)25(19(27)24(15)2)10-20(11-26)4-5-20/h7-9,26H,3-6,10-11H2,1-2H3,(H,21,22,23). The maximum Gasteiger partial charge on any atom is 0.330 e. The molecule has 1 saturated carbocycles. The van der Waals surface area contributed by atoms with Gasteiger partial charge in [-0.1, -0.05) is 0 Å². The van der Waals surface area contributed by atoms with Crippen molar-refractivity contribution >= 4 is 22.8 Å². The average molecular weight is 381 g/mol. The SMILES string of the molecule is Cc1cc2c(cc1Nc1ncc3c(n1)n(CC1(CO)CC1)c(=O)n3C)CCO2. The van der Waals surface area contributed by atoms with E-state index in [0.29, 0.717) is 30.3 Å². The number of imidazole rings is 1. The van der Waals surface area contributed by atoms with Crippen LogP contribution in [-0.2, 0) is 20.0 Å². The van der Waals surface area contributed by atoms with Gasteiger partial charge in [0.2, 0.25) is 5.95 Å². The van der Waals surface area contributed by atoms with Gasteiger partial charge in [-0.3, -0.25) is 9.13 Å². The molecule has 0 bridgehead atoms. The minimum Gasteiger partial charge on any atom is -0.493 e. The summed E-state index contributed by atoms with van der Waals surface area (Å²) in [6.07, 6.45) is 4.43. The molecule has 28 heavy (non-hydrogen) atoms. The number of ether oxygens (including phenoxy) is 1. The molecule has 2 N–H and O–H groups in total. The summed E-state index contributed by atoms with van der Waals surface area (Å²) in [6.45, 7) is 3.29. The van der Waals surface area contributed by atoms with E-state index < -0.39 is 0 Å². The Morgan fingerprint density at radius 3 is 2.93 bits per heavy atom. The van der Waals surface area contributed by atoms with Gasteiger partial charge in [0.1, 0.15) is 11.3 Å². The Morgan fingerprint density at radius 1 is 1.36 bits per heavy atom. The van der Waals surface area contributed by atoms with E-state index in [2.05, 4.69) is 21.4 Å². The van der Waals surface area contributed by atoms with E-state index in [1.54, 1.807) is 22.4 Å². The number of aromatic nitrogens is 4. The second-order valence-corrected chi connectivity index (χ2v) is 7.99. The molecule has 0 atom stereocenters. The third kappa shape index (κ3) is 2.67. The van der Waals surface area contributed by atoms with Crippen molar-refractivity contribution in [3.63, 3.8) is 0 Å². The van der Waals surface area contributed by atoms with Gasteiger partial charge in [0.25, 0.3) is 0 Å². The zero-order valence-corrected chi connectivity index (χ0v) is 16.0. The molecule has 5 rings (SSSR count). The van der Waals surface area contributed by atoms with Crippen LogP contribution in [0.3, 0.4) is 0 Å². The van der Waals surface area contributed by atoms with Gasteiger partial charge >= 0.3 is 5.69 Å². The molecule has 8 nitrogen and oxygen atoms in total. The number of nitrogens with zero attached hydrogens (tertiary/aromatic N) is 4. The van der Waals surface area contributed by atoms with E-state index in [1.165, 1.54) is 5.56 Å². The third-order valence-electron chi connectivity index (χ3n) is 5.95. The smallest absolute Gasteiger partial charge is 0.330 e. The predicted octanol–water partition coefficient (Wildman–Crippen LogP) is 1.89. The topological polar surface area (TPSA) is 94.2 Å². The number of aliphatic hydroxyl groups excluding tert-OH is 1. The Kier molecular flexibility index (Phi) is 3.74. The van der Waals surface area contributed by atoms with Crippen molar-refractivity contribution in [2.45, 2.75) is 32.7 Å². The van der Waals surface area contributed by atoms with Crippen LogP contribution in [-0.4, -0.2) is 37.4 Å². The van der Waals surface area contributed by atoms with Crippen LogP contribution in [0.1, 0.15) is 24.0 Å². The summed E-state index contributed by atoms with van der Waals surface area (Å²) in [5.41, 5.74) is 4.11. The van der Waals surface area contributed by atoms with Crippen molar-refractivity contribution < 1.29 is 9.84 Å². The Balaban J connectivity index is 1.54. The molecule has 0 radical (unpaired) electrons. The van der Waals surface area contributed by atoms with Gasteiger partial charge in [0.15, 0.2) is 5.65 Å². The molecule has 8 heteroatoms. The fraction of sp³-hybridized carbons (Fsp3) is 0.450. The van der Waals surface area contributed by atoms with E-state index in [1.807, 2.05) is 13.0 Å². The Morgan fingerprint density at radius 2 is 2.18 bits per heavy atom. The molecule has 3 heterocycles. The van der Waals surface area contributed by atoms with Gasteiger partial charge in [0, 0.05) is 31.1 Å². The zero-order valence-electron chi connectivity index (χ0n) is 16.0. The van der Waals surface area contributed by atoms with Gasteiger partial charge < -0.3 is 15.2 Å². The molecule has 0 unspecified atom stereocenters. The summed E-state index contributed by atoms with van der Waals surface area (Å²) in [4.78, 5) is 21.8. The van der Waals surface area contributed by atoms with Crippen LogP contribution in [0.2, 0.25) is 0 Å². The number of anilines is 2. The predicted molar refractivity (Wildman–Crippen MR) is 105 cm³/mol. The molecular formula is C20H23N5O3. The second-order valence-electron chi connectivity index (χ2n) is 7.99. The van der Waals surface area contributed by atoms with Crippen molar-refractivity contribution in [1.82, 2.24) is 19.1 Å². The fourth-order valence-electron chi connectivity index (χ4n) is 3.84. The minimum atomic E-state index is -0.187. The minimum absolute atomic E-state index is 0.0857. The lowest BCUT2D eigenvalue weighted by Gasteiger charge is -2.13. The normalized spacial score (nSPS) is 16.8. The van der Waals surface area contributed by atoms with Crippen LogP contribution >= 0.6 is 0 Å². The first-order valence-corrected chi connectivity index (χ1v) is 9.56. The van der Waals surface area contributed by atoms with Crippen LogP contribution in [0, 0.1) is 12.3 Å². The number of aryl methyl sites for hydroxylation is 2. The van der Waals surface area contributed by atoms with E-state index >= 15 is 0 Å². The molecule has 146 valence electrons. The molecule has 1 aromatic carbocycles. The summed E-state index contributed by atoms with van der Waals surface area (Å²) >= 11 is 0. The summed E-state index contributed by atoms with van der Waals surface area (Å²) in [5.74, 6) is 1.39. The molecule has 1 fully saturated rings. The van der Waals surface area contributed by atoms with Gasteiger partial charge in [-0.2, -0.15) is 4.98 Å². The largest absolute Gasteiger partial charge is 0.493 e. The van der Waals surface area contributed by atoms with Gasteiger partial charge in [-0.05, 0) is 43.0 Å². The highest BCUT2D eigenvalue weighted by molar-refractivity contribution is 5.73. The molecule has 0 saturated heterocycles. The number of benzene rings is 1. The van der Waals surface area contributed by atoms with E-state index in [9.17, 15) is 9.90 Å². The fourth-order valence-corrected chi connectivity index (χ4v) is 3.84. The Labute approximate surface area is 161 Å². The summed E-state index contributed by atoms with van der Waals surface area (Å²) in [7, 11) is 1.72. The number of hydrogen-bond donors (Lipinski definition) is 2. The van der Waals surface area contributed by atoms with Crippen molar-refractivity contribution in [3.05, 3.63) is 39.9 Å². The first-order valence-electron chi connectivity index (χ1n) is 9.56. The molecule has 0 amide bonds. The van der Waals surface area contributed by atoms with E-state index in [-0.39, 0.29) is 17.7 Å². The summed E-state index contributed by atoms with van der Waals surface area (Å²) in [6, 6.07) is 4.11. The highest BCUT2D eigenvalue weighted by Crippen LogP contribution is 2.46. The first kappa shape index (κ1) is 17.2. The molecular weight excluding hydrogens is 358 g/mol.